The Balaban J connectivity index is 2.56. The van der Waals surface area contributed by atoms with E-state index in [1.54, 1.807) is 9.80 Å². The average Bonchev–Trinajstić information content (AvgIpc) is 2.47. The Morgan fingerprint density at radius 3 is 2.19 bits per heavy atom. The van der Waals surface area contributed by atoms with Crippen LogP contribution in [0.2, 0.25) is 0 Å². The zero-order valence-corrected chi connectivity index (χ0v) is 13.8. The zero-order valence-electron chi connectivity index (χ0n) is 13.8. The lowest BCUT2D eigenvalue weighted by Crippen LogP contribution is -2.57. The van der Waals surface area contributed by atoms with Gasteiger partial charge in [-0.15, -0.1) is 0 Å². The summed E-state index contributed by atoms with van der Waals surface area (Å²) in [5.41, 5.74) is 0.467. The summed E-state index contributed by atoms with van der Waals surface area (Å²) in [5, 5.41) is 3.07. The van der Waals surface area contributed by atoms with Gasteiger partial charge in [0.25, 0.3) is 5.91 Å². The molecule has 0 aromatic heterocycles. The number of carbonyl (C=O) groups excluding carboxylic acids is 2. The topological polar surface area (TPSA) is 52.7 Å². The van der Waals surface area contributed by atoms with Gasteiger partial charge in [0, 0.05) is 17.6 Å². The van der Waals surface area contributed by atoms with Crippen molar-refractivity contribution in [2.45, 2.75) is 52.6 Å². The quantitative estimate of drug-likeness (QED) is 0.738. The highest BCUT2D eigenvalue weighted by Crippen LogP contribution is 2.30. The van der Waals surface area contributed by atoms with Crippen molar-refractivity contribution >= 4 is 11.8 Å². The lowest BCUT2D eigenvalue weighted by molar-refractivity contribution is -0.142. The Labute approximate surface area is 126 Å². The molecule has 1 N–H and O–H groups in total. The van der Waals surface area contributed by atoms with Crippen LogP contribution in [0.25, 0.3) is 0 Å². The molecule has 5 nitrogen and oxygen atoms in total. The van der Waals surface area contributed by atoms with Crippen molar-refractivity contribution in [3.63, 3.8) is 0 Å². The molecule has 21 heavy (non-hydrogen) atoms. The monoisotopic (exact) mass is 291 g/mol. The Hall–Kier alpha value is -1.78. The number of carbonyl (C=O) groups is 2. The van der Waals surface area contributed by atoms with Crippen LogP contribution in [0, 0.1) is 0 Å². The van der Waals surface area contributed by atoms with Gasteiger partial charge < -0.3 is 10.2 Å². The highest BCUT2D eigenvalue weighted by atomic mass is 16.2. The molecule has 116 valence electrons. The van der Waals surface area contributed by atoms with Crippen molar-refractivity contribution in [2.24, 2.45) is 0 Å². The van der Waals surface area contributed by atoms with Crippen LogP contribution in [-0.2, 0) is 9.59 Å². The Morgan fingerprint density at radius 2 is 1.67 bits per heavy atom. The molecule has 0 bridgehead atoms. The summed E-state index contributed by atoms with van der Waals surface area (Å²) in [7, 11) is 0. The van der Waals surface area contributed by atoms with E-state index in [2.05, 4.69) is 5.32 Å². The van der Waals surface area contributed by atoms with Gasteiger partial charge in [-0.2, -0.15) is 0 Å². The fourth-order valence-corrected chi connectivity index (χ4v) is 2.70. The maximum atomic E-state index is 13.0. The molecule has 2 heterocycles. The number of hydrogen-bond donors (Lipinski definition) is 1. The highest BCUT2D eigenvalue weighted by Gasteiger charge is 2.41. The van der Waals surface area contributed by atoms with Gasteiger partial charge in [0.15, 0.2) is 0 Å². The summed E-state index contributed by atoms with van der Waals surface area (Å²) >= 11 is 0. The summed E-state index contributed by atoms with van der Waals surface area (Å²) in [4.78, 5) is 28.8. The number of amides is 2. The van der Waals surface area contributed by atoms with Crippen LogP contribution in [0.5, 0.6) is 0 Å². The molecular weight excluding hydrogens is 266 g/mol. The largest absolute Gasteiger partial charge is 0.374 e. The molecule has 2 amide bonds. The average molecular weight is 291 g/mol. The summed E-state index contributed by atoms with van der Waals surface area (Å²) < 4.78 is 0. The first-order valence-electron chi connectivity index (χ1n) is 7.33. The summed E-state index contributed by atoms with van der Waals surface area (Å²) in [5.74, 6) is -0.170. The van der Waals surface area contributed by atoms with Crippen LogP contribution >= 0.6 is 0 Å². The van der Waals surface area contributed by atoms with E-state index in [4.69, 9.17) is 0 Å². The second kappa shape index (κ2) is 4.90. The third-order valence-electron chi connectivity index (χ3n) is 3.66. The van der Waals surface area contributed by atoms with Crippen LogP contribution in [0.4, 0.5) is 0 Å². The number of allylic oxidation sites excluding steroid dienone is 1. The van der Waals surface area contributed by atoms with Crippen molar-refractivity contribution in [1.82, 2.24) is 15.1 Å². The summed E-state index contributed by atoms with van der Waals surface area (Å²) in [6.07, 6.45) is 3.87. The lowest BCUT2D eigenvalue weighted by atomic mass is 10.00. The van der Waals surface area contributed by atoms with Crippen LogP contribution < -0.4 is 5.32 Å². The molecule has 2 aliphatic heterocycles. The fraction of sp³-hybridized carbons (Fsp3) is 0.625. The molecule has 0 aromatic rings. The van der Waals surface area contributed by atoms with Crippen LogP contribution in [0.1, 0.15) is 41.5 Å². The van der Waals surface area contributed by atoms with Crippen molar-refractivity contribution in [3.8, 4) is 0 Å². The standard InChI is InChI=1S/C16H25N3O2/c1-15(2,3)18-9-7-8-11-13(14(18)21)19(16(4,5)6)12(20)10-17-11/h7-8,17H,9-10H2,1-6H3. The minimum absolute atomic E-state index is 0.0706. The van der Waals surface area contributed by atoms with Crippen LogP contribution in [0.3, 0.4) is 0 Å². The van der Waals surface area contributed by atoms with Gasteiger partial charge in [-0.05, 0) is 47.6 Å². The van der Waals surface area contributed by atoms with E-state index in [1.807, 2.05) is 53.7 Å². The molecule has 0 spiro atoms. The molecule has 2 rings (SSSR count). The van der Waals surface area contributed by atoms with Gasteiger partial charge in [-0.3, -0.25) is 14.5 Å². The Bertz CT molecular complexity index is 533. The van der Waals surface area contributed by atoms with Gasteiger partial charge >= 0.3 is 0 Å². The molecule has 5 heteroatoms. The van der Waals surface area contributed by atoms with Crippen molar-refractivity contribution in [3.05, 3.63) is 23.5 Å². The van der Waals surface area contributed by atoms with Gasteiger partial charge in [0.2, 0.25) is 5.91 Å². The molecular formula is C16H25N3O2. The van der Waals surface area contributed by atoms with E-state index in [1.165, 1.54) is 0 Å². The molecule has 0 fully saturated rings. The molecule has 0 aliphatic carbocycles. The van der Waals surface area contributed by atoms with Gasteiger partial charge in [0.05, 0.1) is 12.2 Å². The third kappa shape index (κ3) is 2.82. The minimum atomic E-state index is -0.433. The predicted molar refractivity (Wildman–Crippen MR) is 82.2 cm³/mol. The third-order valence-corrected chi connectivity index (χ3v) is 3.66. The summed E-state index contributed by atoms with van der Waals surface area (Å²) in [6.45, 7) is 12.6. The van der Waals surface area contributed by atoms with Crippen molar-refractivity contribution in [2.75, 3.05) is 13.1 Å². The van der Waals surface area contributed by atoms with Gasteiger partial charge in [0.1, 0.15) is 5.70 Å². The number of rotatable bonds is 0. The Kier molecular flexibility index (Phi) is 3.64. The zero-order chi connectivity index (χ0) is 16.0. The first-order valence-corrected chi connectivity index (χ1v) is 7.33. The maximum Gasteiger partial charge on any atom is 0.273 e. The molecule has 0 atom stereocenters. The molecule has 0 aromatic carbocycles. The second-order valence-corrected chi connectivity index (χ2v) is 7.50. The van der Waals surface area contributed by atoms with Gasteiger partial charge in [-0.25, -0.2) is 0 Å². The normalized spacial score (nSPS) is 20.5. The Morgan fingerprint density at radius 1 is 1.05 bits per heavy atom. The number of nitrogens with zero attached hydrogens (tertiary/aromatic N) is 2. The first kappa shape index (κ1) is 15.6. The first-order chi connectivity index (χ1) is 9.53. The summed E-state index contributed by atoms with van der Waals surface area (Å²) in [6, 6.07) is 0. The highest BCUT2D eigenvalue weighted by molar-refractivity contribution is 6.01. The maximum absolute atomic E-state index is 13.0. The van der Waals surface area contributed by atoms with E-state index >= 15 is 0 Å². The lowest BCUT2D eigenvalue weighted by Gasteiger charge is -2.43. The predicted octanol–water partition coefficient (Wildman–Crippen LogP) is 1.63. The minimum Gasteiger partial charge on any atom is -0.374 e. The number of hydrogen-bond acceptors (Lipinski definition) is 3. The van der Waals surface area contributed by atoms with Crippen LogP contribution in [0.15, 0.2) is 23.5 Å². The van der Waals surface area contributed by atoms with E-state index in [0.29, 0.717) is 12.2 Å². The van der Waals surface area contributed by atoms with E-state index < -0.39 is 5.54 Å². The molecule has 2 aliphatic rings. The smallest absolute Gasteiger partial charge is 0.273 e. The number of nitrogens with one attached hydrogen (secondary N) is 1. The SMILES string of the molecule is CC(C)(C)N1CC=CC2=C(C1=O)N(C(C)(C)C)C(=O)CN2. The van der Waals surface area contributed by atoms with E-state index in [-0.39, 0.29) is 23.9 Å². The van der Waals surface area contributed by atoms with E-state index in [0.717, 1.165) is 5.70 Å². The van der Waals surface area contributed by atoms with E-state index in [9.17, 15) is 9.59 Å². The molecule has 0 saturated heterocycles. The fourth-order valence-electron chi connectivity index (χ4n) is 2.70. The molecule has 0 radical (unpaired) electrons. The van der Waals surface area contributed by atoms with Gasteiger partial charge in [-0.1, -0.05) is 6.08 Å². The second-order valence-electron chi connectivity index (χ2n) is 7.50. The van der Waals surface area contributed by atoms with Crippen molar-refractivity contribution < 1.29 is 9.59 Å². The van der Waals surface area contributed by atoms with Crippen LogP contribution in [-0.4, -0.2) is 45.8 Å². The molecule has 0 unspecified atom stereocenters. The van der Waals surface area contributed by atoms with Crippen molar-refractivity contribution in [1.29, 1.82) is 0 Å². The molecule has 0 saturated carbocycles.